The normalized spacial score (nSPS) is 26.9. The van der Waals surface area contributed by atoms with Crippen molar-refractivity contribution < 1.29 is 38.2 Å². The maximum absolute atomic E-state index is 13.5. The van der Waals surface area contributed by atoms with E-state index >= 15 is 0 Å². The molecule has 5 N–H and O–H groups in total. The molecule has 5 amide bonds. The van der Waals surface area contributed by atoms with Crippen molar-refractivity contribution in [2.24, 2.45) is 17.8 Å². The molecule has 6 atom stereocenters. The minimum Gasteiger partial charge on any atom is -0.467 e. The van der Waals surface area contributed by atoms with E-state index in [1.807, 2.05) is 13.8 Å². The number of nitrogens with one attached hydrogen (secondary N) is 5. The van der Waals surface area contributed by atoms with Gasteiger partial charge in [0.25, 0.3) is 5.91 Å². The largest absolute Gasteiger partial charge is 0.467 e. The Labute approximate surface area is 242 Å². The summed E-state index contributed by atoms with van der Waals surface area (Å²) in [6.45, 7) is 14.5. The monoisotopic (exact) mass is 581 g/mol. The quantitative estimate of drug-likeness (QED) is 0.206. The van der Waals surface area contributed by atoms with Crippen LogP contribution in [0.25, 0.3) is 0 Å². The van der Waals surface area contributed by atoms with Crippen LogP contribution in [0.2, 0.25) is 0 Å². The second-order valence-electron chi connectivity index (χ2n) is 11.9. The van der Waals surface area contributed by atoms with Crippen LogP contribution in [0.5, 0.6) is 0 Å². The van der Waals surface area contributed by atoms with E-state index in [1.165, 1.54) is 7.11 Å². The van der Waals surface area contributed by atoms with Gasteiger partial charge in [0.05, 0.1) is 13.2 Å². The molecule has 0 radical (unpaired) electrons. The summed E-state index contributed by atoms with van der Waals surface area (Å²) in [5.74, 6) is -3.78. The molecule has 1 saturated heterocycles. The number of carbonyl (C=O) groups excluding carboxylic acids is 5. The molecule has 41 heavy (non-hydrogen) atoms. The molecule has 13 heteroatoms. The average molecular weight is 582 g/mol. The second kappa shape index (κ2) is 14.6. The van der Waals surface area contributed by atoms with E-state index in [1.54, 1.807) is 53.7 Å². The first-order valence-corrected chi connectivity index (χ1v) is 14.1. The molecule has 0 bridgehead atoms. The maximum atomic E-state index is 13.5. The second-order valence-corrected chi connectivity index (χ2v) is 11.9. The van der Waals surface area contributed by atoms with Gasteiger partial charge in [-0.2, -0.15) is 0 Å². The molecule has 0 unspecified atom stereocenters. The fraction of sp³-hybridized carbons (Fsp3) is 0.750. The lowest BCUT2D eigenvalue weighted by molar-refractivity contribution is -0.157. The van der Waals surface area contributed by atoms with Crippen LogP contribution in [0.4, 0.5) is 4.79 Å². The van der Waals surface area contributed by atoms with E-state index in [9.17, 15) is 24.0 Å². The van der Waals surface area contributed by atoms with Crippen molar-refractivity contribution in [3.8, 4) is 0 Å². The highest BCUT2D eigenvalue weighted by Gasteiger charge is 2.50. The molecule has 2 rings (SSSR count). The first kappa shape index (κ1) is 34.0. The summed E-state index contributed by atoms with van der Waals surface area (Å²) in [5.41, 5.74) is 0. The zero-order chi connectivity index (χ0) is 31.1. The van der Waals surface area contributed by atoms with Gasteiger partial charge in [0.2, 0.25) is 11.8 Å². The van der Waals surface area contributed by atoms with Crippen molar-refractivity contribution in [3.63, 3.8) is 0 Å². The number of amides is 5. The van der Waals surface area contributed by atoms with Crippen LogP contribution in [0.15, 0.2) is 12.2 Å². The Bertz CT molecular complexity index is 996. The van der Waals surface area contributed by atoms with E-state index in [0.717, 1.165) is 0 Å². The number of carbonyl (C=O) groups is 5. The van der Waals surface area contributed by atoms with E-state index in [0.29, 0.717) is 13.0 Å². The van der Waals surface area contributed by atoms with Crippen LogP contribution < -0.4 is 26.6 Å². The molecule has 0 aromatic heterocycles. The maximum Gasteiger partial charge on any atom is 0.328 e. The van der Waals surface area contributed by atoms with Crippen molar-refractivity contribution in [3.05, 3.63) is 12.2 Å². The fourth-order valence-electron chi connectivity index (χ4n) is 4.68. The molecular weight excluding hydrogens is 534 g/mol. The van der Waals surface area contributed by atoms with Crippen LogP contribution in [-0.2, 0) is 33.4 Å². The molecule has 0 aromatic rings. The highest BCUT2D eigenvalue weighted by molar-refractivity contribution is 5.93. The average Bonchev–Trinajstić information content (AvgIpc) is 3.20. The van der Waals surface area contributed by atoms with Crippen LogP contribution in [-0.4, -0.2) is 85.5 Å². The molecule has 0 aliphatic carbocycles. The van der Waals surface area contributed by atoms with Gasteiger partial charge in [-0.15, -0.1) is 0 Å². The van der Waals surface area contributed by atoms with Gasteiger partial charge in [0.1, 0.15) is 24.2 Å². The van der Waals surface area contributed by atoms with Gasteiger partial charge in [-0.1, -0.05) is 53.7 Å². The number of ether oxygens (including phenoxy) is 3. The summed E-state index contributed by atoms with van der Waals surface area (Å²) in [4.78, 5) is 64.6. The van der Waals surface area contributed by atoms with Crippen molar-refractivity contribution in [2.45, 2.75) is 104 Å². The summed E-state index contributed by atoms with van der Waals surface area (Å²) in [7, 11) is 1.23. The lowest BCUT2D eigenvalue weighted by Crippen LogP contribution is -2.60. The molecule has 0 spiro atoms. The lowest BCUT2D eigenvalue weighted by Gasteiger charge is -2.32. The van der Waals surface area contributed by atoms with Gasteiger partial charge >= 0.3 is 12.0 Å². The van der Waals surface area contributed by atoms with E-state index in [2.05, 4.69) is 26.6 Å². The first-order valence-electron chi connectivity index (χ1n) is 14.1. The van der Waals surface area contributed by atoms with Gasteiger partial charge in [0, 0.05) is 6.54 Å². The predicted molar refractivity (Wildman–Crippen MR) is 150 cm³/mol. The van der Waals surface area contributed by atoms with Gasteiger partial charge in [-0.25, -0.2) is 9.59 Å². The third-order valence-electron chi connectivity index (χ3n) is 6.93. The van der Waals surface area contributed by atoms with Crippen LogP contribution in [0.3, 0.4) is 0 Å². The number of hydrogen-bond acceptors (Lipinski definition) is 8. The van der Waals surface area contributed by atoms with Gasteiger partial charge in [-0.05, 0) is 38.0 Å². The summed E-state index contributed by atoms with van der Waals surface area (Å²) >= 11 is 0. The van der Waals surface area contributed by atoms with Crippen LogP contribution in [0.1, 0.15) is 61.8 Å². The first-order chi connectivity index (χ1) is 19.1. The number of urea groups is 1. The molecular formula is C28H47N5O8. The zero-order valence-corrected chi connectivity index (χ0v) is 25.5. The number of rotatable bonds is 8. The van der Waals surface area contributed by atoms with Gasteiger partial charge < -0.3 is 40.8 Å². The van der Waals surface area contributed by atoms with Gasteiger partial charge in [0.15, 0.2) is 11.9 Å². The van der Waals surface area contributed by atoms with Crippen molar-refractivity contribution in [1.82, 2.24) is 26.6 Å². The SMILES string of the molecule is COC(=O)[C@@H](NC(=O)N[C@H](C(=O)N[C@H]1/C=C/CCNC(=O)[C@H]2OC(C)(C)O[C@@H]2[C@H](C(C)C)NC1=O)C(C)C)C(C)C. The third kappa shape index (κ3) is 9.42. The molecule has 0 saturated carbocycles. The van der Waals surface area contributed by atoms with Crippen LogP contribution >= 0.6 is 0 Å². The number of esters is 1. The summed E-state index contributed by atoms with van der Waals surface area (Å²) in [6.07, 6.45) is 1.96. The lowest BCUT2D eigenvalue weighted by atomic mass is 9.93. The Morgan fingerprint density at radius 1 is 0.976 bits per heavy atom. The van der Waals surface area contributed by atoms with Crippen LogP contribution in [0, 0.1) is 17.8 Å². The molecule has 232 valence electrons. The number of hydrogen-bond donors (Lipinski definition) is 5. The molecule has 2 heterocycles. The molecule has 13 nitrogen and oxygen atoms in total. The number of fused-ring (bicyclic) bond motifs is 1. The smallest absolute Gasteiger partial charge is 0.328 e. The summed E-state index contributed by atoms with van der Waals surface area (Å²) in [5, 5.41) is 13.7. The summed E-state index contributed by atoms with van der Waals surface area (Å²) < 4.78 is 16.7. The highest BCUT2D eigenvalue weighted by Crippen LogP contribution is 2.32. The Kier molecular flexibility index (Phi) is 12.1. The Balaban J connectivity index is 2.25. The summed E-state index contributed by atoms with van der Waals surface area (Å²) in [6, 6.07) is -4.32. The molecule has 2 aliphatic rings. The number of methoxy groups -OCH3 is 1. The minimum atomic E-state index is -1.07. The topological polar surface area (TPSA) is 173 Å². The van der Waals surface area contributed by atoms with E-state index in [4.69, 9.17) is 14.2 Å². The van der Waals surface area contributed by atoms with Gasteiger partial charge in [-0.3, -0.25) is 14.4 Å². The van der Waals surface area contributed by atoms with Crippen molar-refractivity contribution >= 4 is 29.7 Å². The fourth-order valence-corrected chi connectivity index (χ4v) is 4.68. The Hall–Kier alpha value is -3.19. The minimum absolute atomic E-state index is 0.141. The predicted octanol–water partition coefficient (Wildman–Crippen LogP) is 0.730. The zero-order valence-electron chi connectivity index (χ0n) is 25.5. The van der Waals surface area contributed by atoms with Crippen molar-refractivity contribution in [1.29, 1.82) is 0 Å². The van der Waals surface area contributed by atoms with E-state index < -0.39 is 66.0 Å². The Morgan fingerprint density at radius 2 is 1.59 bits per heavy atom. The molecule has 0 aromatic carbocycles. The third-order valence-corrected chi connectivity index (χ3v) is 6.93. The highest BCUT2D eigenvalue weighted by atomic mass is 16.8. The Morgan fingerprint density at radius 3 is 2.15 bits per heavy atom. The molecule has 1 fully saturated rings. The van der Waals surface area contributed by atoms with E-state index in [-0.39, 0.29) is 23.7 Å². The standard InChI is InChI=1S/C28H47N5O8/c1-14(2)18-21-22(41-28(7,8)40-21)25(36)29-13-11-10-12-17(23(34)31-18)30-24(35)19(15(3)4)32-27(38)33-20(16(5)6)26(37)39-9/h10,12,14-22H,11,13H2,1-9H3,(H,29,36)(H,30,35)(H,31,34)(H2,32,33,38)/b12-10+/t17-,18-,19-,20-,21+,22-/m0/s1. The molecule has 2 aliphatic heterocycles. The van der Waals surface area contributed by atoms with Crippen molar-refractivity contribution in [2.75, 3.05) is 13.7 Å².